The average molecular weight is 1860 g/mol. The lowest BCUT2D eigenvalue weighted by Crippen LogP contribution is -2.60. The highest BCUT2D eigenvalue weighted by Gasteiger charge is 2.76. The Morgan fingerprint density at radius 3 is 1.41 bits per heavy atom. The smallest absolute Gasteiger partial charge is 0.328 e. The lowest BCUT2D eigenvalue weighted by atomic mass is 9.65. The lowest BCUT2D eigenvalue weighted by molar-refractivity contribution is -0.149. The zero-order chi connectivity index (χ0) is 98.5. The predicted molar refractivity (Wildman–Crippen MR) is 519 cm³/mol. The first-order valence-electron chi connectivity index (χ1n) is 50.0. The molecule has 8 saturated carbocycles. The summed E-state index contributed by atoms with van der Waals surface area (Å²) in [6, 6.07) is 2.85. The molecule has 0 amide bonds. The monoisotopic (exact) mass is 1860 g/mol. The standard InChI is InChI=1S/C14H27BN2O3.3C13H25BN2O3.C13H19BN2O3.C13H24BNO3.C12H23BN2O3/c1-15(20)6-4-5-10-7-11-8-13(11,9-17(2)3)14(10,16)12(18)19;1-14(19)6-3-4-9-8-11-10(5-7-16(11)2)13(9,15)12(17)18;1-8-9-6-13(15,12(17)18)11(10(9)7-16-8)4-3-5-14(2)19;1-8-11-9(7-16-8)6-13(15,12(17)18)10(11)4-3-5-14(2)19;1-14(19)5-2-3-10-7-9-4-6-16-8-11(9)13(10,15)12(17)18;1-14(18)7-3-6-11-10-5-2-4-9(10)8-13(11,15)12(16)17;1-13(18)4-2-3-9-5-11(7-15-8-11)6-12(9,14)10(16)17/h10-11,20H,4-9,16H2,1-3H3,(H,18,19);9-11,19H,3-8,15H2,1-2H3,(H,17,18);2*8-11,16,19H,3-7,15H2,1-2H3,(H,17,18);4,6,8,10,19H,2-3,5,7,15H2,1H3,(H,17,18);9-11,18H,2-8,15H2,1H3,(H,16,17);9,15,18H,2-8,14H2,1H3,(H,16,17). The second-order valence-electron chi connectivity index (χ2n) is 44.5. The largest absolute Gasteiger partial charge is 0.480 e. The van der Waals surface area contributed by atoms with E-state index < -0.39 is 80.6 Å². The number of likely N-dealkylation sites (tertiary alicyclic amines) is 1. The van der Waals surface area contributed by atoms with E-state index in [1.54, 1.807) is 60.2 Å². The van der Waals surface area contributed by atoms with Crippen molar-refractivity contribution < 1.29 is 104 Å². The van der Waals surface area contributed by atoms with Gasteiger partial charge in [-0.05, 0) is 314 Å². The number of hydrogen-bond acceptors (Lipinski definition) is 27. The third-order valence-corrected chi connectivity index (χ3v) is 34.5. The minimum Gasteiger partial charge on any atom is -0.480 e. The van der Waals surface area contributed by atoms with E-state index in [1.807, 2.05) is 20.2 Å². The van der Waals surface area contributed by atoms with Gasteiger partial charge in [0.05, 0.1) is 0 Å². The molecule has 132 heavy (non-hydrogen) atoms. The number of nitrogens with one attached hydrogen (secondary N) is 3. The maximum atomic E-state index is 11.9. The molecule has 14 rings (SSSR count). The molecule has 4 aliphatic heterocycles. The van der Waals surface area contributed by atoms with Crippen molar-refractivity contribution in [3.8, 4) is 0 Å². The molecule has 4 saturated heterocycles. The molecule has 0 aromatic carbocycles. The summed E-state index contributed by atoms with van der Waals surface area (Å²) in [6.45, 7) is 19.6. The molecule has 1 aromatic rings. The van der Waals surface area contributed by atoms with Crippen LogP contribution in [0.15, 0.2) is 18.5 Å². The molecule has 9 aliphatic carbocycles. The Labute approximate surface area is 787 Å². The van der Waals surface area contributed by atoms with Gasteiger partial charge in [-0.1, -0.05) is 106 Å². The lowest BCUT2D eigenvalue weighted by Gasteiger charge is -2.40. The first-order valence-corrected chi connectivity index (χ1v) is 50.0. The molecule has 13 aliphatic rings. The topological polar surface area (TPSA) is 640 Å². The maximum Gasteiger partial charge on any atom is 0.328 e. The van der Waals surface area contributed by atoms with E-state index in [0.717, 1.165) is 199 Å². The normalized spacial score (nSPS) is 36.8. The van der Waals surface area contributed by atoms with Gasteiger partial charge < -0.3 is 137 Å². The fourth-order valence-corrected chi connectivity index (χ4v) is 27.3. The van der Waals surface area contributed by atoms with Crippen LogP contribution in [0.4, 0.5) is 0 Å². The number of carboxylic acids is 7. The number of fused-ring (bicyclic) bond motifs is 6. The molecule has 26 atom stereocenters. The van der Waals surface area contributed by atoms with Crippen LogP contribution < -0.4 is 56.1 Å². The summed E-state index contributed by atoms with van der Waals surface area (Å²) in [5.74, 6) is -2.99. The Balaban J connectivity index is 0.000000190. The van der Waals surface area contributed by atoms with Crippen molar-refractivity contribution >= 4 is 90.2 Å². The van der Waals surface area contributed by atoms with E-state index in [2.05, 4.69) is 51.6 Å². The van der Waals surface area contributed by atoms with Crippen LogP contribution in [0.3, 0.4) is 0 Å². The van der Waals surface area contributed by atoms with Crippen molar-refractivity contribution in [3.05, 3.63) is 29.6 Å². The van der Waals surface area contributed by atoms with Gasteiger partial charge in [0.1, 0.15) is 38.8 Å². The van der Waals surface area contributed by atoms with Crippen LogP contribution in [-0.2, 0) is 45.5 Å². The molecule has 26 unspecified atom stereocenters. The molecule has 5 heterocycles. The number of carbonyl (C=O) groups is 7. The summed E-state index contributed by atoms with van der Waals surface area (Å²) in [4.78, 5) is 89.5. The minimum atomic E-state index is -1.34. The van der Waals surface area contributed by atoms with Crippen molar-refractivity contribution in [1.29, 1.82) is 0 Å². The molecule has 1 aromatic heterocycles. The molecule has 0 bridgehead atoms. The zero-order valence-corrected chi connectivity index (χ0v) is 81.5. The fraction of sp³-hybridized carbons (Fsp3) is 0.868. The Morgan fingerprint density at radius 1 is 0.485 bits per heavy atom. The minimum absolute atomic E-state index is 0.0127. The van der Waals surface area contributed by atoms with Gasteiger partial charge in [0, 0.05) is 67.0 Å². The van der Waals surface area contributed by atoms with Gasteiger partial charge in [-0.2, -0.15) is 0 Å². The molecule has 31 N–H and O–H groups in total. The number of aliphatic carboxylic acids is 7. The molecule has 1 spiro atoms. The third kappa shape index (κ3) is 25.7. The van der Waals surface area contributed by atoms with Gasteiger partial charge in [0.15, 0.2) is 0 Å². The van der Waals surface area contributed by atoms with Crippen molar-refractivity contribution in [2.45, 2.75) is 336 Å². The van der Waals surface area contributed by atoms with Crippen LogP contribution in [-0.4, -0.2) is 288 Å². The van der Waals surface area contributed by atoms with E-state index in [9.17, 15) is 104 Å². The summed E-state index contributed by atoms with van der Waals surface area (Å²) in [5, 5.41) is 142. The molecule has 12 fully saturated rings. The van der Waals surface area contributed by atoms with Crippen LogP contribution in [0.2, 0.25) is 92.0 Å². The first kappa shape index (κ1) is 112. The zero-order valence-electron chi connectivity index (χ0n) is 81.5. The summed E-state index contributed by atoms with van der Waals surface area (Å²) >= 11 is 0. The molecule has 0 radical (unpaired) electrons. The average Bonchev–Trinajstić information content (AvgIpc) is 1.50. The summed E-state index contributed by atoms with van der Waals surface area (Å²) < 4.78 is 0. The van der Waals surface area contributed by atoms with Crippen molar-refractivity contribution in [3.63, 3.8) is 0 Å². The van der Waals surface area contributed by atoms with Gasteiger partial charge in [-0.15, -0.1) is 0 Å². The second kappa shape index (κ2) is 47.4. The van der Waals surface area contributed by atoms with Crippen LogP contribution in [0, 0.1) is 99.6 Å². The SMILES string of the molecule is CB(O)CCCC1C2C(CNC2C)CC1(N)C(=O)O.CB(O)CCCC1C2CCCC2CC1(N)C(=O)O.CB(O)CCCC1C2CNC(C)C2CC1(N)C(=O)O.CB(O)CCCC1CC2(CNC2)CC1(N)C(=O)O.CB(O)CCCC1CC2C(CCN2C)C1(N)C(=O)O.CB(O)CCCC1CC2CC2(CN(C)C)C1(N)C(=O)O.CB(O)CCCC1Cc2ccncc2C1(N)C(=O)O. The summed E-state index contributed by atoms with van der Waals surface area (Å²) in [6.07, 6.45) is 30.7. The molecular formula is C91H168B7N13O21. The van der Waals surface area contributed by atoms with Gasteiger partial charge in [0.2, 0.25) is 0 Å². The van der Waals surface area contributed by atoms with Crippen LogP contribution in [0.5, 0.6) is 0 Å². The molecule has 744 valence electrons. The van der Waals surface area contributed by atoms with Gasteiger partial charge in [-0.3, -0.25) is 33.8 Å². The quantitative estimate of drug-likeness (QED) is 0.0401. The van der Waals surface area contributed by atoms with Crippen LogP contribution in [0.25, 0.3) is 0 Å². The van der Waals surface area contributed by atoms with Crippen LogP contribution in [0.1, 0.15) is 192 Å². The summed E-state index contributed by atoms with van der Waals surface area (Å²) in [5.41, 5.74) is 37.5. The van der Waals surface area contributed by atoms with E-state index in [0.29, 0.717) is 123 Å². The van der Waals surface area contributed by atoms with Crippen molar-refractivity contribution in [2.75, 3.05) is 60.4 Å². The number of rotatable bonds is 37. The fourth-order valence-electron chi connectivity index (χ4n) is 27.3. The van der Waals surface area contributed by atoms with E-state index in [4.69, 9.17) is 40.1 Å². The van der Waals surface area contributed by atoms with E-state index in [-0.39, 0.29) is 107 Å². The van der Waals surface area contributed by atoms with Crippen molar-refractivity contribution in [2.24, 2.45) is 140 Å². The number of aromatic nitrogens is 1. The summed E-state index contributed by atoms with van der Waals surface area (Å²) in [7, 11) is 6.02. The number of hydrogen-bond donors (Lipinski definition) is 24. The van der Waals surface area contributed by atoms with Gasteiger partial charge >= 0.3 is 41.8 Å². The Bertz CT molecular complexity index is 3910. The van der Waals surface area contributed by atoms with Crippen LogP contribution >= 0.6 is 0 Å². The highest BCUT2D eigenvalue weighted by atomic mass is 16.4. The molecular weight excluding hydrogens is 1690 g/mol. The number of pyridine rings is 1. The third-order valence-electron chi connectivity index (χ3n) is 34.5. The van der Waals surface area contributed by atoms with Crippen molar-refractivity contribution in [1.82, 2.24) is 30.7 Å². The van der Waals surface area contributed by atoms with E-state index in [1.165, 1.54) is 6.42 Å². The number of nitrogens with zero attached hydrogens (tertiary/aromatic N) is 3. The molecule has 34 nitrogen and oxygen atoms in total. The highest BCUT2D eigenvalue weighted by molar-refractivity contribution is 6.50. The highest BCUT2D eigenvalue weighted by Crippen LogP contribution is 2.70. The van der Waals surface area contributed by atoms with E-state index >= 15 is 0 Å². The van der Waals surface area contributed by atoms with Gasteiger partial charge in [-0.25, -0.2) is 4.79 Å². The Morgan fingerprint density at radius 2 is 0.939 bits per heavy atom. The maximum absolute atomic E-state index is 11.9. The molecule has 41 heteroatoms. The number of nitrogens with two attached hydrogens (primary N) is 7. The Hall–Kier alpha value is -4.87. The predicted octanol–water partition coefficient (Wildman–Crippen LogP) is 4.71. The Kier molecular flexibility index (Phi) is 40.4. The first-order chi connectivity index (χ1) is 61.6. The number of carboxylic acid groups (broad SMARTS) is 7. The second-order valence-corrected chi connectivity index (χ2v) is 44.5. The van der Waals surface area contributed by atoms with Gasteiger partial charge in [0.25, 0.3) is 48.4 Å².